The fourth-order valence-corrected chi connectivity index (χ4v) is 1.90. The third kappa shape index (κ3) is 2.75. The van der Waals surface area contributed by atoms with Crippen LogP contribution in [-0.4, -0.2) is 17.9 Å². The average molecular weight is 228 g/mol. The number of aryl methyl sites for hydroxylation is 1. The monoisotopic (exact) mass is 228 g/mol. The summed E-state index contributed by atoms with van der Waals surface area (Å²) in [6.45, 7) is 2.74. The van der Waals surface area contributed by atoms with Crippen LogP contribution in [0.3, 0.4) is 0 Å². The summed E-state index contributed by atoms with van der Waals surface area (Å²) in [5.41, 5.74) is 4.73. The van der Waals surface area contributed by atoms with Gasteiger partial charge in [-0.3, -0.25) is 4.79 Å². The predicted molar refractivity (Wildman–Crippen MR) is 68.7 cm³/mol. The Bertz CT molecular complexity index is 488. The van der Waals surface area contributed by atoms with Gasteiger partial charge < -0.3 is 10.3 Å². The molecular weight excluding hydrogens is 212 g/mol. The van der Waals surface area contributed by atoms with E-state index in [0.29, 0.717) is 6.54 Å². The molecule has 0 radical (unpaired) electrons. The largest absolute Gasteiger partial charge is 0.358 e. The summed E-state index contributed by atoms with van der Waals surface area (Å²) in [6.07, 6.45) is 1.59. The smallest absolute Gasteiger partial charge is 0.207 e. The molecule has 1 amide bonds. The molecule has 88 valence electrons. The molecule has 2 N–H and O–H groups in total. The predicted octanol–water partition coefficient (Wildman–Crippen LogP) is 2.28. The lowest BCUT2D eigenvalue weighted by molar-refractivity contribution is -0.109. The second kappa shape index (κ2) is 5.34. The lowest BCUT2D eigenvalue weighted by Gasteiger charge is -1.97. The second-order valence-electron chi connectivity index (χ2n) is 4.02. The summed E-state index contributed by atoms with van der Waals surface area (Å²) in [5.74, 6) is 0. The van der Waals surface area contributed by atoms with Gasteiger partial charge in [-0.25, -0.2) is 0 Å². The van der Waals surface area contributed by atoms with Crippen LogP contribution in [0.5, 0.6) is 0 Å². The van der Waals surface area contributed by atoms with Crippen LogP contribution < -0.4 is 5.32 Å². The minimum Gasteiger partial charge on any atom is -0.358 e. The van der Waals surface area contributed by atoms with Gasteiger partial charge in [-0.15, -0.1) is 0 Å². The average Bonchev–Trinajstić information content (AvgIpc) is 2.73. The fraction of sp³-hybridized carbons (Fsp3) is 0.214. The molecule has 1 aromatic carbocycles. The van der Waals surface area contributed by atoms with Crippen molar-refractivity contribution >= 4 is 6.41 Å². The number of hydrogen-bond donors (Lipinski definition) is 2. The number of nitrogens with one attached hydrogen (secondary N) is 2. The third-order valence-electron chi connectivity index (χ3n) is 2.83. The van der Waals surface area contributed by atoms with E-state index in [2.05, 4.69) is 35.4 Å². The highest BCUT2D eigenvalue weighted by Crippen LogP contribution is 2.21. The van der Waals surface area contributed by atoms with E-state index in [9.17, 15) is 4.79 Å². The van der Waals surface area contributed by atoms with Gasteiger partial charge in [-0.1, -0.05) is 30.3 Å². The number of rotatable bonds is 5. The van der Waals surface area contributed by atoms with Crippen LogP contribution in [0.25, 0.3) is 11.3 Å². The van der Waals surface area contributed by atoms with E-state index in [-0.39, 0.29) is 0 Å². The highest BCUT2D eigenvalue weighted by atomic mass is 16.1. The normalized spacial score (nSPS) is 10.2. The van der Waals surface area contributed by atoms with E-state index in [0.717, 1.165) is 24.2 Å². The molecule has 0 fully saturated rings. The Labute approximate surface area is 101 Å². The minimum atomic E-state index is 0.677. The third-order valence-corrected chi connectivity index (χ3v) is 2.83. The molecule has 0 saturated carbocycles. The lowest BCUT2D eigenvalue weighted by atomic mass is 10.1. The maximum Gasteiger partial charge on any atom is 0.207 e. The number of H-pyrrole nitrogens is 1. The van der Waals surface area contributed by atoms with Crippen molar-refractivity contribution in [3.05, 3.63) is 47.7 Å². The summed E-state index contributed by atoms with van der Waals surface area (Å²) < 4.78 is 0. The van der Waals surface area contributed by atoms with E-state index in [4.69, 9.17) is 0 Å². The Hall–Kier alpha value is -2.03. The number of aromatic nitrogens is 1. The highest BCUT2D eigenvalue weighted by molar-refractivity contribution is 5.61. The Balaban J connectivity index is 2.16. The van der Waals surface area contributed by atoms with Gasteiger partial charge >= 0.3 is 0 Å². The van der Waals surface area contributed by atoms with Crippen LogP contribution in [0.15, 0.2) is 36.4 Å². The van der Waals surface area contributed by atoms with Crippen molar-refractivity contribution in [3.63, 3.8) is 0 Å². The van der Waals surface area contributed by atoms with Crippen molar-refractivity contribution in [2.45, 2.75) is 13.3 Å². The molecule has 0 atom stereocenters. The van der Waals surface area contributed by atoms with Crippen molar-refractivity contribution < 1.29 is 4.79 Å². The summed E-state index contributed by atoms with van der Waals surface area (Å²) in [6, 6.07) is 12.4. The number of benzene rings is 1. The van der Waals surface area contributed by atoms with Crippen molar-refractivity contribution in [1.29, 1.82) is 0 Å². The lowest BCUT2D eigenvalue weighted by Crippen LogP contribution is -2.14. The quantitative estimate of drug-likeness (QED) is 0.598. The van der Waals surface area contributed by atoms with Gasteiger partial charge in [-0.05, 0) is 30.5 Å². The van der Waals surface area contributed by atoms with Crippen LogP contribution in [0, 0.1) is 6.92 Å². The van der Waals surface area contributed by atoms with E-state index >= 15 is 0 Å². The van der Waals surface area contributed by atoms with Crippen LogP contribution >= 0.6 is 0 Å². The van der Waals surface area contributed by atoms with E-state index < -0.39 is 0 Å². The molecule has 3 nitrogen and oxygen atoms in total. The Morgan fingerprint density at radius 3 is 2.76 bits per heavy atom. The molecule has 0 aliphatic carbocycles. The van der Waals surface area contributed by atoms with Crippen LogP contribution in [0.2, 0.25) is 0 Å². The van der Waals surface area contributed by atoms with E-state index in [1.807, 2.05) is 18.2 Å². The first-order valence-corrected chi connectivity index (χ1v) is 5.72. The van der Waals surface area contributed by atoms with Gasteiger partial charge in [0.15, 0.2) is 0 Å². The van der Waals surface area contributed by atoms with Gasteiger partial charge in [0, 0.05) is 17.9 Å². The van der Waals surface area contributed by atoms with Crippen molar-refractivity contribution in [3.8, 4) is 11.3 Å². The van der Waals surface area contributed by atoms with Crippen LogP contribution in [0.1, 0.15) is 11.3 Å². The van der Waals surface area contributed by atoms with Gasteiger partial charge in [0.2, 0.25) is 6.41 Å². The minimum absolute atomic E-state index is 0.677. The topological polar surface area (TPSA) is 44.9 Å². The fourth-order valence-electron chi connectivity index (χ4n) is 1.90. The van der Waals surface area contributed by atoms with E-state index in [1.165, 1.54) is 11.1 Å². The summed E-state index contributed by atoms with van der Waals surface area (Å²) in [4.78, 5) is 13.6. The molecule has 0 aliphatic rings. The number of amides is 1. The molecule has 17 heavy (non-hydrogen) atoms. The molecule has 2 aromatic rings. The van der Waals surface area contributed by atoms with Gasteiger partial charge in [0.25, 0.3) is 0 Å². The summed E-state index contributed by atoms with van der Waals surface area (Å²) in [5, 5.41) is 2.68. The first-order valence-electron chi connectivity index (χ1n) is 5.72. The molecule has 3 heteroatoms. The molecule has 1 heterocycles. The van der Waals surface area contributed by atoms with E-state index in [1.54, 1.807) is 0 Å². The number of carbonyl (C=O) groups is 1. The highest BCUT2D eigenvalue weighted by Gasteiger charge is 2.05. The number of hydrogen-bond acceptors (Lipinski definition) is 1. The standard InChI is InChI=1S/C14H16N2O/c1-11-13(7-8-15-10-17)9-14(16-11)12-5-3-2-4-6-12/h2-6,9-10,16H,7-8H2,1H3,(H,15,17). The maximum absolute atomic E-state index is 10.2. The van der Waals surface area contributed by atoms with Crippen LogP contribution in [0.4, 0.5) is 0 Å². The van der Waals surface area contributed by atoms with Gasteiger partial charge in [0.05, 0.1) is 0 Å². The zero-order valence-electron chi connectivity index (χ0n) is 9.86. The summed E-state index contributed by atoms with van der Waals surface area (Å²) >= 11 is 0. The second-order valence-corrected chi connectivity index (χ2v) is 4.02. The summed E-state index contributed by atoms with van der Waals surface area (Å²) in [7, 11) is 0. The maximum atomic E-state index is 10.2. The number of carbonyl (C=O) groups excluding carboxylic acids is 1. The molecular formula is C14H16N2O. The molecule has 0 spiro atoms. The SMILES string of the molecule is Cc1[nH]c(-c2ccccc2)cc1CCNC=O. The zero-order valence-corrected chi connectivity index (χ0v) is 9.86. The molecule has 0 unspecified atom stereocenters. The van der Waals surface area contributed by atoms with Crippen molar-refractivity contribution in [2.24, 2.45) is 0 Å². The van der Waals surface area contributed by atoms with Gasteiger partial charge in [-0.2, -0.15) is 0 Å². The van der Waals surface area contributed by atoms with Gasteiger partial charge in [0.1, 0.15) is 0 Å². The zero-order chi connectivity index (χ0) is 12.1. The first-order chi connectivity index (χ1) is 8.31. The Morgan fingerprint density at radius 2 is 2.06 bits per heavy atom. The first kappa shape index (κ1) is 11.5. The van der Waals surface area contributed by atoms with Crippen molar-refractivity contribution in [2.75, 3.05) is 6.54 Å². The number of aromatic amines is 1. The Morgan fingerprint density at radius 1 is 1.29 bits per heavy atom. The molecule has 1 aromatic heterocycles. The molecule has 2 rings (SSSR count). The van der Waals surface area contributed by atoms with Crippen LogP contribution in [-0.2, 0) is 11.2 Å². The molecule has 0 saturated heterocycles. The molecule has 0 aliphatic heterocycles. The Kier molecular flexibility index (Phi) is 3.60. The van der Waals surface area contributed by atoms with Crippen molar-refractivity contribution in [1.82, 2.24) is 10.3 Å². The molecule has 0 bridgehead atoms.